The first-order valence-corrected chi connectivity index (χ1v) is 46.9. The van der Waals surface area contributed by atoms with E-state index in [9.17, 15) is 39.6 Å². The van der Waals surface area contributed by atoms with Crippen LogP contribution in [0.4, 0.5) is 0 Å². The van der Waals surface area contributed by atoms with E-state index in [4.69, 9.17) is 109 Å². The third-order valence-electron chi connectivity index (χ3n) is 21.3. The first-order chi connectivity index (χ1) is 64.4. The number of hydrogen-bond donors (Lipinski definition) is 8. The number of aromatic nitrogens is 12. The number of fused-ring (bicyclic) bond motifs is 4. The number of aliphatic hydroxyl groups excluding tert-OH is 3. The van der Waals surface area contributed by atoms with Crippen LogP contribution in [0.5, 0.6) is 23.0 Å². The SMILES string of the molecule is CC(C)(C)c1cc(CCC(=O)O)cc(-n2nc3ccc(Cl)cc3n2)c1O.CC(COCC(COCC(C)OC(=O)CCc1cc(-n2nc3ccc(Cl)cc3n2)c(O)c(C(C)(C)C)c1)OCC(C)OC(=O)CCc1cc(-n2nc3ccc(Cl)cc3n2)c(O)c(C(C)(C)C)c1)OC(=O)CCc1cc(-n2nc3ccc(Cl)cc3n2)c(O)c(C(C)(C)C)c1.CC(O)COCC(COCC(C)O)OCC(C)O. The second-order valence-corrected chi connectivity index (χ2v) is 40.2. The lowest BCUT2D eigenvalue weighted by Gasteiger charge is -2.23. The van der Waals surface area contributed by atoms with E-state index in [1.165, 1.54) is 19.2 Å². The summed E-state index contributed by atoms with van der Waals surface area (Å²) >= 11 is 24.7. The Hall–Kier alpha value is -10.8. The average molecular weight is 1970 g/mol. The number of esters is 3. The summed E-state index contributed by atoms with van der Waals surface area (Å²) in [4.78, 5) is 56.7. The summed E-state index contributed by atoms with van der Waals surface area (Å²) in [6.07, 6.45) is -3.37. The van der Waals surface area contributed by atoms with Crippen LogP contribution in [0.1, 0.15) is 195 Å². The van der Waals surface area contributed by atoms with Crippen molar-refractivity contribution in [2.75, 3.05) is 66.1 Å². The van der Waals surface area contributed by atoms with Gasteiger partial charge in [-0.05, 0) is 208 Å². The van der Waals surface area contributed by atoms with Crippen molar-refractivity contribution in [3.8, 4) is 45.7 Å². The highest BCUT2D eigenvalue weighted by Gasteiger charge is 2.31. The van der Waals surface area contributed by atoms with E-state index in [1.54, 1.807) is 139 Å². The van der Waals surface area contributed by atoms with Gasteiger partial charge in [0.25, 0.3) is 0 Å². The molecule has 6 unspecified atom stereocenters. The van der Waals surface area contributed by atoms with E-state index in [0.29, 0.717) is 123 Å². The molecule has 0 aliphatic rings. The Bertz CT molecular complexity index is 5940. The minimum atomic E-state index is -0.866. The molecule has 0 aliphatic carbocycles. The average Bonchev–Trinajstić information content (AvgIpc) is 1.72. The van der Waals surface area contributed by atoms with Crippen molar-refractivity contribution in [2.24, 2.45) is 0 Å². The summed E-state index contributed by atoms with van der Waals surface area (Å²) in [5.41, 5.74) is 10.3. The lowest BCUT2D eigenvalue weighted by atomic mass is 9.84. The minimum absolute atomic E-state index is 0.00518. The van der Waals surface area contributed by atoms with Gasteiger partial charge in [-0.15, -0.1) is 60.0 Å². The molecule has 4 aromatic heterocycles. The van der Waals surface area contributed by atoms with Crippen LogP contribution < -0.4 is 0 Å². The molecular formula is C100H126Cl4N12O21. The summed E-state index contributed by atoms with van der Waals surface area (Å²) in [7, 11) is 0. The number of carboxylic acids is 1. The Morgan fingerprint density at radius 3 is 0.774 bits per heavy atom. The monoisotopic (exact) mass is 1970 g/mol. The number of carbonyl (C=O) groups is 4. The lowest BCUT2D eigenvalue weighted by Crippen LogP contribution is -2.33. The van der Waals surface area contributed by atoms with Crippen molar-refractivity contribution in [1.29, 1.82) is 0 Å². The van der Waals surface area contributed by atoms with E-state index in [2.05, 4.69) is 40.8 Å². The zero-order chi connectivity index (χ0) is 100. The molecular weight excluding hydrogens is 1850 g/mol. The number of ether oxygens (including phenoxy) is 9. The highest BCUT2D eigenvalue weighted by atomic mass is 35.5. The van der Waals surface area contributed by atoms with Crippen LogP contribution in [0, 0.1) is 0 Å². The first kappa shape index (κ1) is 108. The van der Waals surface area contributed by atoms with E-state index in [1.807, 2.05) is 107 Å². The Morgan fingerprint density at radius 1 is 0.307 bits per heavy atom. The molecule has 0 amide bonds. The van der Waals surface area contributed by atoms with Crippen molar-refractivity contribution in [3.05, 3.63) is 186 Å². The van der Waals surface area contributed by atoms with Crippen molar-refractivity contribution in [3.63, 3.8) is 0 Å². The van der Waals surface area contributed by atoms with E-state index in [0.717, 1.165) is 27.8 Å². The summed E-state index contributed by atoms with van der Waals surface area (Å²) in [5.74, 6) is -2.11. The van der Waals surface area contributed by atoms with Gasteiger partial charge < -0.3 is 83.5 Å². The maximum atomic E-state index is 13.5. The second kappa shape index (κ2) is 48.2. The molecule has 8 N–H and O–H groups in total. The topological polar surface area (TPSA) is 436 Å². The summed E-state index contributed by atoms with van der Waals surface area (Å²) in [5, 5.41) is 120. The van der Waals surface area contributed by atoms with E-state index < -0.39 is 82.8 Å². The van der Waals surface area contributed by atoms with Gasteiger partial charge in [0.15, 0.2) is 0 Å². The van der Waals surface area contributed by atoms with Crippen molar-refractivity contribution in [1.82, 2.24) is 60.0 Å². The first-order valence-electron chi connectivity index (χ1n) is 45.4. The maximum absolute atomic E-state index is 13.5. The third kappa shape index (κ3) is 32.1. The number of rotatable bonds is 41. The van der Waals surface area contributed by atoms with Gasteiger partial charge in [0.2, 0.25) is 0 Å². The van der Waals surface area contributed by atoms with Gasteiger partial charge in [0.05, 0.1) is 84.4 Å². The quantitative estimate of drug-likeness (QED) is 0.0130. The summed E-state index contributed by atoms with van der Waals surface area (Å²) in [6.45, 7) is 35.0. The molecule has 0 spiro atoms. The molecule has 0 saturated carbocycles. The molecule has 0 saturated heterocycles. The second-order valence-electron chi connectivity index (χ2n) is 38.4. The Kier molecular flexibility index (Phi) is 38.1. The summed E-state index contributed by atoms with van der Waals surface area (Å²) < 4.78 is 51.8. The number of carbonyl (C=O) groups excluding carboxylic acids is 3. The minimum Gasteiger partial charge on any atom is -0.505 e. The molecule has 0 bridgehead atoms. The molecule has 0 aliphatic heterocycles. The zero-order valence-corrected chi connectivity index (χ0v) is 83.7. The van der Waals surface area contributed by atoms with Crippen LogP contribution in [0.25, 0.3) is 66.9 Å². The van der Waals surface area contributed by atoms with Gasteiger partial charge >= 0.3 is 23.9 Å². The van der Waals surface area contributed by atoms with Gasteiger partial charge in [-0.3, -0.25) is 19.2 Å². The van der Waals surface area contributed by atoms with Crippen LogP contribution in [0.3, 0.4) is 0 Å². The summed E-state index contributed by atoms with van der Waals surface area (Å²) in [6, 6.07) is 35.2. The number of aromatic hydroxyl groups is 4. The lowest BCUT2D eigenvalue weighted by molar-refractivity contribution is -0.159. The number of phenolic OH excluding ortho intramolecular Hbond substituents is 4. The van der Waals surface area contributed by atoms with E-state index in [-0.39, 0.29) is 133 Å². The van der Waals surface area contributed by atoms with Crippen molar-refractivity contribution < 1.29 is 103 Å². The number of benzene rings is 8. The van der Waals surface area contributed by atoms with Gasteiger partial charge in [-0.2, -0.15) is 0 Å². The Morgan fingerprint density at radius 2 is 0.533 bits per heavy atom. The molecule has 0 radical (unpaired) electrons. The highest BCUT2D eigenvalue weighted by Crippen LogP contribution is 2.42. The predicted octanol–water partition coefficient (Wildman–Crippen LogP) is 16.9. The van der Waals surface area contributed by atoms with Crippen LogP contribution in [-0.4, -0.2) is 240 Å². The number of halogens is 4. The molecule has 4 heterocycles. The number of aliphatic carboxylic acids is 1. The number of aliphatic hydroxyl groups is 3. The zero-order valence-electron chi connectivity index (χ0n) is 80.7. The van der Waals surface area contributed by atoms with Crippen LogP contribution in [0.15, 0.2) is 121 Å². The fourth-order valence-electron chi connectivity index (χ4n) is 14.4. The standard InChI is InChI=1S/C69H80Cl3N9O12.C19H20ClN3O3.C12H26O6/c1-39(91-61(82)22-13-42-25-49(67(4,5)6)64(85)58(28-42)79-73-52-19-16-45(70)31-55(52)76-79)34-88-37-48(90-36-41(3)93-63(84)24-15-44-27-51(69(10,11)12)66(87)60(30-44)81-75-54-21-18-47(72)33-57(54)78-81)38-89-35-40(2)92-62(83)23-14-43-26-50(68(7,8)9)65(86)59(29-43)80-74-53-20-17-46(71)32-56(53)77-80;1-19(2,3)13-8-11(4-7-17(24)25)9-16(18(13)26)23-21-14-6-5-12(20)10-15(14)22-23;1-9(13)4-16-7-12(18-6-11(3)15)8-17-5-10(2)14/h16-21,25-33,39-41,48,85-87H,13-15,22-24,34-38H2,1-12H3;5-6,8-10,26H,4,7H2,1-3H3,(H,24,25);9-15H,4-8H2,1-3H3. The van der Waals surface area contributed by atoms with Crippen LogP contribution >= 0.6 is 46.4 Å². The van der Waals surface area contributed by atoms with Crippen molar-refractivity contribution >= 4 is 114 Å². The molecule has 740 valence electrons. The van der Waals surface area contributed by atoms with Crippen LogP contribution in [-0.2, 0) is 109 Å². The molecule has 12 aromatic rings. The van der Waals surface area contributed by atoms with Crippen molar-refractivity contribution in [2.45, 2.75) is 246 Å². The third-order valence-corrected chi connectivity index (χ3v) is 22.3. The van der Waals surface area contributed by atoms with Gasteiger partial charge in [-0.1, -0.05) is 154 Å². The fourth-order valence-corrected chi connectivity index (χ4v) is 15.1. The van der Waals surface area contributed by atoms with E-state index >= 15 is 0 Å². The molecule has 33 nitrogen and oxygen atoms in total. The Labute approximate surface area is 816 Å². The van der Waals surface area contributed by atoms with Gasteiger partial charge in [-0.25, -0.2) is 0 Å². The smallest absolute Gasteiger partial charge is 0.306 e. The van der Waals surface area contributed by atoms with Gasteiger partial charge in [0, 0.05) is 68.0 Å². The number of phenols is 4. The highest BCUT2D eigenvalue weighted by molar-refractivity contribution is 6.32. The molecule has 8 aromatic carbocycles. The normalized spacial score (nSPS) is 13.9. The molecule has 37 heteroatoms. The predicted molar refractivity (Wildman–Crippen MR) is 522 cm³/mol. The fraction of sp³-hybridized carbons (Fsp3) is 0.480. The Balaban J connectivity index is 0.000000357. The molecule has 0 fully saturated rings. The number of nitrogens with zero attached hydrogens (tertiary/aromatic N) is 12. The number of aryl methyl sites for hydroxylation is 4. The van der Waals surface area contributed by atoms with Crippen LogP contribution in [0.2, 0.25) is 20.1 Å². The molecule has 12 rings (SSSR count). The maximum Gasteiger partial charge on any atom is 0.306 e. The number of hydrogen-bond acceptors (Lipinski definition) is 28. The van der Waals surface area contributed by atoms with Gasteiger partial charge in [0.1, 0.15) is 120 Å². The molecule has 137 heavy (non-hydrogen) atoms. The largest absolute Gasteiger partial charge is 0.505 e. The molecule has 6 atom stereocenters. The number of carboxylic acid groups (broad SMARTS) is 1.